The highest BCUT2D eigenvalue weighted by atomic mass is 32.1. The molecule has 6 nitrogen and oxygen atoms in total. The van der Waals surface area contributed by atoms with Crippen LogP contribution in [0.1, 0.15) is 45.6 Å². The van der Waals surface area contributed by atoms with E-state index in [4.69, 9.17) is 0 Å². The van der Waals surface area contributed by atoms with Crippen molar-refractivity contribution >= 4 is 17.2 Å². The first-order valence-electron chi connectivity index (χ1n) is 9.02. The summed E-state index contributed by atoms with van der Waals surface area (Å²) in [5.74, 6) is 1.71. The molecule has 2 aromatic heterocycles. The van der Waals surface area contributed by atoms with Crippen molar-refractivity contribution in [3.05, 3.63) is 58.5 Å². The summed E-state index contributed by atoms with van der Waals surface area (Å²) in [4.78, 5) is 14.5. The Morgan fingerprint density at radius 1 is 1.30 bits per heavy atom. The number of carbonyl (C=O) groups is 1. The van der Waals surface area contributed by atoms with Crippen molar-refractivity contribution in [3.63, 3.8) is 0 Å². The Balaban J connectivity index is 1.39. The van der Waals surface area contributed by atoms with Gasteiger partial charge in [-0.3, -0.25) is 4.79 Å². The Bertz CT molecular complexity index is 958. The van der Waals surface area contributed by atoms with Gasteiger partial charge >= 0.3 is 0 Å². The van der Waals surface area contributed by atoms with E-state index in [1.165, 1.54) is 11.3 Å². The molecule has 0 spiro atoms. The molecule has 0 unspecified atom stereocenters. The van der Waals surface area contributed by atoms with E-state index in [-0.39, 0.29) is 24.5 Å². The van der Waals surface area contributed by atoms with Crippen molar-refractivity contribution in [3.8, 4) is 10.4 Å². The van der Waals surface area contributed by atoms with Gasteiger partial charge in [0.25, 0.3) is 5.91 Å². The van der Waals surface area contributed by atoms with Gasteiger partial charge in [0.05, 0.1) is 4.88 Å². The fourth-order valence-corrected chi connectivity index (χ4v) is 4.62. The van der Waals surface area contributed by atoms with E-state index in [0.717, 1.165) is 39.5 Å². The number of carbonyl (C=O) groups excluding carboxylic acids is 1. The third kappa shape index (κ3) is 3.40. The van der Waals surface area contributed by atoms with Crippen LogP contribution < -0.4 is 5.32 Å². The number of aliphatic hydroxyl groups excluding tert-OH is 1. The molecule has 1 saturated carbocycles. The van der Waals surface area contributed by atoms with E-state index in [9.17, 15) is 9.90 Å². The molecule has 0 radical (unpaired) electrons. The van der Waals surface area contributed by atoms with Crippen molar-refractivity contribution in [2.24, 2.45) is 7.05 Å². The number of hydrogen-bond acceptors (Lipinski definition) is 5. The van der Waals surface area contributed by atoms with Gasteiger partial charge in [0.15, 0.2) is 5.82 Å². The number of nitrogens with zero attached hydrogens (tertiary/aromatic N) is 3. The summed E-state index contributed by atoms with van der Waals surface area (Å²) in [6, 6.07) is 12.3. The molecule has 1 aliphatic rings. The van der Waals surface area contributed by atoms with Crippen LogP contribution in [-0.4, -0.2) is 31.8 Å². The predicted octanol–water partition coefficient (Wildman–Crippen LogP) is 3.02. The summed E-state index contributed by atoms with van der Waals surface area (Å²) in [7, 11) is 1.87. The van der Waals surface area contributed by atoms with Crippen molar-refractivity contribution in [2.75, 3.05) is 0 Å². The first kappa shape index (κ1) is 17.9. The summed E-state index contributed by atoms with van der Waals surface area (Å²) >= 11 is 1.54. The van der Waals surface area contributed by atoms with Crippen LogP contribution in [0.4, 0.5) is 0 Å². The summed E-state index contributed by atoms with van der Waals surface area (Å²) in [6.07, 6.45) is 1.69. The summed E-state index contributed by atoms with van der Waals surface area (Å²) < 4.78 is 1.84. The molecule has 4 rings (SSSR count). The van der Waals surface area contributed by atoms with Gasteiger partial charge in [-0.15, -0.1) is 21.5 Å². The van der Waals surface area contributed by atoms with Crippen molar-refractivity contribution in [2.45, 2.75) is 38.3 Å². The number of aromatic nitrogens is 3. The van der Waals surface area contributed by atoms with Crippen LogP contribution in [-0.2, 0) is 13.7 Å². The van der Waals surface area contributed by atoms with E-state index >= 15 is 0 Å². The molecule has 1 fully saturated rings. The number of benzene rings is 1. The van der Waals surface area contributed by atoms with Gasteiger partial charge in [-0.05, 0) is 37.0 Å². The Morgan fingerprint density at radius 2 is 2.04 bits per heavy atom. The number of thiophene rings is 1. The fourth-order valence-electron chi connectivity index (χ4n) is 3.54. The molecule has 0 bridgehead atoms. The second-order valence-corrected chi connectivity index (χ2v) is 8.07. The second kappa shape index (κ2) is 7.25. The van der Waals surface area contributed by atoms with Crippen LogP contribution in [0.25, 0.3) is 10.4 Å². The monoisotopic (exact) mass is 382 g/mol. The van der Waals surface area contributed by atoms with Gasteiger partial charge in [0.2, 0.25) is 0 Å². The number of amides is 1. The Morgan fingerprint density at radius 3 is 2.70 bits per heavy atom. The maximum Gasteiger partial charge on any atom is 0.261 e. The van der Waals surface area contributed by atoms with Crippen molar-refractivity contribution < 1.29 is 9.90 Å². The SMILES string of the molecule is Cc1cc(C(=O)NC2CC(c3nnc(CO)n3C)C2)sc1-c1ccccc1. The lowest BCUT2D eigenvalue weighted by molar-refractivity contribution is 0.0911. The highest BCUT2D eigenvalue weighted by molar-refractivity contribution is 7.17. The first-order valence-corrected chi connectivity index (χ1v) is 9.84. The molecule has 140 valence electrons. The molecule has 2 N–H and O–H groups in total. The third-order valence-corrected chi connectivity index (χ3v) is 6.44. The molecule has 2 heterocycles. The number of aliphatic hydroxyl groups is 1. The summed E-state index contributed by atoms with van der Waals surface area (Å²) in [6.45, 7) is 1.93. The zero-order valence-corrected chi connectivity index (χ0v) is 16.2. The zero-order valence-electron chi connectivity index (χ0n) is 15.3. The minimum absolute atomic E-state index is 0.0113. The average molecular weight is 382 g/mol. The highest BCUT2D eigenvalue weighted by Crippen LogP contribution is 2.37. The average Bonchev–Trinajstić information content (AvgIpc) is 3.21. The minimum Gasteiger partial charge on any atom is -0.388 e. The second-order valence-electron chi connectivity index (χ2n) is 7.02. The number of rotatable bonds is 5. The Kier molecular flexibility index (Phi) is 4.80. The normalized spacial score (nSPS) is 18.9. The van der Waals surface area contributed by atoms with Crippen LogP contribution in [0, 0.1) is 6.92 Å². The summed E-state index contributed by atoms with van der Waals surface area (Å²) in [5.41, 5.74) is 2.27. The predicted molar refractivity (Wildman–Crippen MR) is 105 cm³/mol. The fraction of sp³-hybridized carbons (Fsp3) is 0.350. The van der Waals surface area contributed by atoms with Gasteiger partial charge in [-0.25, -0.2) is 0 Å². The molecule has 27 heavy (non-hydrogen) atoms. The van der Waals surface area contributed by atoms with E-state index in [1.807, 2.05) is 42.8 Å². The molecular formula is C20H22N4O2S. The minimum atomic E-state index is -0.113. The largest absolute Gasteiger partial charge is 0.388 e. The number of nitrogens with one attached hydrogen (secondary N) is 1. The quantitative estimate of drug-likeness (QED) is 0.711. The Labute approximate surface area is 161 Å². The number of aryl methyl sites for hydroxylation is 1. The van der Waals surface area contributed by atoms with Gasteiger partial charge in [0.1, 0.15) is 12.4 Å². The zero-order chi connectivity index (χ0) is 19.0. The molecular weight excluding hydrogens is 360 g/mol. The van der Waals surface area contributed by atoms with Crippen LogP contribution in [0.15, 0.2) is 36.4 Å². The molecule has 1 aromatic carbocycles. The maximum absolute atomic E-state index is 12.6. The lowest BCUT2D eigenvalue weighted by atomic mass is 9.79. The summed E-state index contributed by atoms with van der Waals surface area (Å²) in [5, 5.41) is 20.5. The van der Waals surface area contributed by atoms with E-state index < -0.39 is 0 Å². The first-order chi connectivity index (χ1) is 13.1. The van der Waals surface area contributed by atoms with E-state index in [0.29, 0.717) is 5.82 Å². The van der Waals surface area contributed by atoms with Crippen molar-refractivity contribution in [1.82, 2.24) is 20.1 Å². The lowest BCUT2D eigenvalue weighted by Crippen LogP contribution is -2.43. The molecule has 1 aliphatic carbocycles. The molecule has 1 amide bonds. The topological polar surface area (TPSA) is 80.0 Å². The van der Waals surface area contributed by atoms with Crippen LogP contribution in [0.5, 0.6) is 0 Å². The molecule has 0 saturated heterocycles. The Hall–Kier alpha value is -2.51. The van der Waals surface area contributed by atoms with Crippen molar-refractivity contribution in [1.29, 1.82) is 0 Å². The third-order valence-electron chi connectivity index (χ3n) is 5.16. The highest BCUT2D eigenvalue weighted by Gasteiger charge is 2.35. The van der Waals surface area contributed by atoms with Crippen LogP contribution in [0.3, 0.4) is 0 Å². The van der Waals surface area contributed by atoms with Gasteiger partial charge in [-0.1, -0.05) is 30.3 Å². The molecule has 0 aliphatic heterocycles. The molecule has 0 atom stereocenters. The lowest BCUT2D eigenvalue weighted by Gasteiger charge is -2.34. The number of hydrogen-bond donors (Lipinski definition) is 2. The van der Waals surface area contributed by atoms with Gasteiger partial charge in [0, 0.05) is 23.9 Å². The van der Waals surface area contributed by atoms with Gasteiger partial charge in [-0.2, -0.15) is 0 Å². The standard InChI is InChI=1S/C20H22N4O2S/c1-12-8-16(27-18(12)13-6-4-3-5-7-13)20(26)21-15-9-14(10-15)19-23-22-17(11-25)24(19)2/h3-8,14-15,25H,9-11H2,1-2H3,(H,21,26). The smallest absolute Gasteiger partial charge is 0.261 e. The van der Waals surface area contributed by atoms with Crippen LogP contribution in [0.2, 0.25) is 0 Å². The van der Waals surface area contributed by atoms with Crippen LogP contribution >= 0.6 is 11.3 Å². The maximum atomic E-state index is 12.6. The van der Waals surface area contributed by atoms with E-state index in [2.05, 4.69) is 27.6 Å². The van der Waals surface area contributed by atoms with E-state index in [1.54, 1.807) is 0 Å². The molecule has 7 heteroatoms. The molecule has 3 aromatic rings. The van der Waals surface area contributed by atoms with Gasteiger partial charge < -0.3 is 15.0 Å².